The molecule has 0 heterocycles. The summed E-state index contributed by atoms with van der Waals surface area (Å²) in [5.41, 5.74) is 1.02. The summed E-state index contributed by atoms with van der Waals surface area (Å²) in [4.78, 5) is 11.6. The fourth-order valence-electron chi connectivity index (χ4n) is 1.39. The zero-order valence-corrected chi connectivity index (χ0v) is 12.0. The van der Waals surface area contributed by atoms with Crippen LogP contribution in [0.1, 0.15) is 26.3 Å². The Bertz CT molecular complexity index is 492. The number of halogens is 1. The predicted molar refractivity (Wildman–Crippen MR) is 77.7 cm³/mol. The SMILES string of the molecule is C=C(CCl)c1cc(NC(=O)OC(C)(C)C)ccc1O. The summed E-state index contributed by atoms with van der Waals surface area (Å²) < 4.78 is 5.14. The van der Waals surface area contributed by atoms with E-state index in [0.717, 1.165) is 0 Å². The van der Waals surface area contributed by atoms with Crippen molar-refractivity contribution in [2.24, 2.45) is 0 Å². The molecule has 0 radical (unpaired) electrons. The Labute approximate surface area is 118 Å². The van der Waals surface area contributed by atoms with Crippen LogP contribution in [0.5, 0.6) is 5.75 Å². The number of ether oxygens (including phenoxy) is 1. The average molecular weight is 284 g/mol. The van der Waals surface area contributed by atoms with E-state index >= 15 is 0 Å². The molecular weight excluding hydrogens is 266 g/mol. The van der Waals surface area contributed by atoms with Crippen molar-refractivity contribution in [2.45, 2.75) is 26.4 Å². The monoisotopic (exact) mass is 283 g/mol. The van der Waals surface area contributed by atoms with Gasteiger partial charge in [0.2, 0.25) is 0 Å². The molecule has 0 aliphatic rings. The number of phenols is 1. The Morgan fingerprint density at radius 3 is 2.63 bits per heavy atom. The maximum absolute atomic E-state index is 11.6. The summed E-state index contributed by atoms with van der Waals surface area (Å²) in [6.07, 6.45) is -0.555. The smallest absolute Gasteiger partial charge is 0.412 e. The van der Waals surface area contributed by atoms with Crippen LogP contribution >= 0.6 is 11.6 Å². The molecular formula is C14H18ClNO3. The van der Waals surface area contributed by atoms with Gasteiger partial charge in [-0.3, -0.25) is 5.32 Å². The first-order valence-corrected chi connectivity index (χ1v) is 6.33. The van der Waals surface area contributed by atoms with Gasteiger partial charge in [-0.25, -0.2) is 4.79 Å². The molecule has 0 unspecified atom stereocenters. The first kappa shape index (κ1) is 15.4. The van der Waals surface area contributed by atoms with E-state index in [9.17, 15) is 9.90 Å². The lowest BCUT2D eigenvalue weighted by atomic mass is 10.1. The van der Waals surface area contributed by atoms with Crippen LogP contribution in [0.25, 0.3) is 5.57 Å². The quantitative estimate of drug-likeness (QED) is 0.651. The fraction of sp³-hybridized carbons (Fsp3) is 0.357. The molecule has 0 spiro atoms. The number of amides is 1. The van der Waals surface area contributed by atoms with Gasteiger partial charge in [0.05, 0.1) is 0 Å². The highest BCUT2D eigenvalue weighted by Crippen LogP contribution is 2.28. The maximum Gasteiger partial charge on any atom is 0.412 e. The van der Waals surface area contributed by atoms with Gasteiger partial charge in [-0.05, 0) is 44.5 Å². The van der Waals surface area contributed by atoms with E-state index in [2.05, 4.69) is 11.9 Å². The van der Waals surface area contributed by atoms with Crippen LogP contribution in [0.2, 0.25) is 0 Å². The topological polar surface area (TPSA) is 58.6 Å². The molecule has 4 nitrogen and oxygen atoms in total. The van der Waals surface area contributed by atoms with Crippen LogP contribution in [0.3, 0.4) is 0 Å². The van der Waals surface area contributed by atoms with Gasteiger partial charge in [0.25, 0.3) is 0 Å². The van der Waals surface area contributed by atoms with Crippen molar-refractivity contribution in [1.29, 1.82) is 0 Å². The van der Waals surface area contributed by atoms with Gasteiger partial charge in [-0.2, -0.15) is 0 Å². The number of carbonyl (C=O) groups is 1. The average Bonchev–Trinajstić information content (AvgIpc) is 2.28. The number of anilines is 1. The van der Waals surface area contributed by atoms with Crippen LogP contribution in [0, 0.1) is 0 Å². The highest BCUT2D eigenvalue weighted by atomic mass is 35.5. The number of hydrogen-bond donors (Lipinski definition) is 2. The third-order valence-corrected chi connectivity index (χ3v) is 2.51. The van der Waals surface area contributed by atoms with Crippen LogP contribution in [-0.4, -0.2) is 22.7 Å². The molecule has 0 aliphatic carbocycles. The third kappa shape index (κ3) is 4.83. The lowest BCUT2D eigenvalue weighted by Crippen LogP contribution is -2.27. The number of aromatic hydroxyl groups is 1. The van der Waals surface area contributed by atoms with Crippen LogP contribution < -0.4 is 5.32 Å². The van der Waals surface area contributed by atoms with Gasteiger partial charge < -0.3 is 9.84 Å². The van der Waals surface area contributed by atoms with Gasteiger partial charge in [0.15, 0.2) is 0 Å². The van der Waals surface area contributed by atoms with Crippen molar-refractivity contribution in [2.75, 3.05) is 11.2 Å². The van der Waals surface area contributed by atoms with E-state index in [0.29, 0.717) is 16.8 Å². The summed E-state index contributed by atoms with van der Waals surface area (Å²) in [5.74, 6) is 0.268. The van der Waals surface area contributed by atoms with Gasteiger partial charge in [-0.1, -0.05) is 6.58 Å². The Hall–Kier alpha value is -1.68. The molecule has 19 heavy (non-hydrogen) atoms. The van der Waals surface area contributed by atoms with E-state index in [-0.39, 0.29) is 11.6 Å². The maximum atomic E-state index is 11.6. The minimum atomic E-state index is -0.566. The summed E-state index contributed by atoms with van der Waals surface area (Å²) in [7, 11) is 0. The lowest BCUT2D eigenvalue weighted by molar-refractivity contribution is 0.0636. The van der Waals surface area contributed by atoms with E-state index in [1.807, 2.05) is 0 Å². The molecule has 2 N–H and O–H groups in total. The molecule has 1 rings (SSSR count). The molecule has 104 valence electrons. The minimum absolute atomic E-state index is 0.0698. The zero-order chi connectivity index (χ0) is 14.6. The van der Waals surface area contributed by atoms with Crippen molar-refractivity contribution in [3.8, 4) is 5.75 Å². The molecule has 0 bridgehead atoms. The summed E-state index contributed by atoms with van der Waals surface area (Å²) in [5, 5.41) is 12.3. The predicted octanol–water partition coefficient (Wildman–Crippen LogP) is 3.99. The van der Waals surface area contributed by atoms with Crippen molar-refractivity contribution >= 4 is 29.0 Å². The van der Waals surface area contributed by atoms with Crippen molar-refractivity contribution < 1.29 is 14.6 Å². The Morgan fingerprint density at radius 2 is 2.11 bits per heavy atom. The van der Waals surface area contributed by atoms with Gasteiger partial charge in [0.1, 0.15) is 11.4 Å². The molecule has 0 aromatic heterocycles. The van der Waals surface area contributed by atoms with Gasteiger partial charge in [-0.15, -0.1) is 11.6 Å². The molecule has 1 aromatic rings. The van der Waals surface area contributed by atoms with E-state index in [1.165, 1.54) is 6.07 Å². The molecule has 0 fully saturated rings. The normalized spacial score (nSPS) is 10.9. The first-order chi connectivity index (χ1) is 8.73. The lowest BCUT2D eigenvalue weighted by Gasteiger charge is -2.20. The second kappa shape index (κ2) is 5.97. The Morgan fingerprint density at radius 1 is 1.47 bits per heavy atom. The van der Waals surface area contributed by atoms with E-state index in [4.69, 9.17) is 16.3 Å². The molecule has 1 aromatic carbocycles. The number of benzene rings is 1. The number of nitrogens with one attached hydrogen (secondary N) is 1. The number of hydrogen-bond acceptors (Lipinski definition) is 3. The number of rotatable bonds is 3. The first-order valence-electron chi connectivity index (χ1n) is 5.80. The van der Waals surface area contributed by atoms with Crippen LogP contribution in [0.15, 0.2) is 24.8 Å². The number of alkyl halides is 1. The highest BCUT2D eigenvalue weighted by molar-refractivity contribution is 6.23. The number of allylic oxidation sites excluding steroid dienone is 1. The molecule has 0 aliphatic heterocycles. The van der Waals surface area contributed by atoms with Gasteiger partial charge in [0, 0.05) is 17.1 Å². The van der Waals surface area contributed by atoms with Gasteiger partial charge >= 0.3 is 6.09 Å². The van der Waals surface area contributed by atoms with Crippen molar-refractivity contribution in [3.63, 3.8) is 0 Å². The molecule has 0 saturated heterocycles. The number of carbonyl (C=O) groups excluding carboxylic acids is 1. The zero-order valence-electron chi connectivity index (χ0n) is 11.3. The van der Waals surface area contributed by atoms with Crippen LogP contribution in [-0.2, 0) is 4.74 Å². The van der Waals surface area contributed by atoms with E-state index < -0.39 is 11.7 Å². The Balaban J connectivity index is 2.86. The van der Waals surface area contributed by atoms with E-state index in [1.54, 1.807) is 32.9 Å². The summed E-state index contributed by atoms with van der Waals surface area (Å²) in [6.45, 7) is 9.09. The van der Waals surface area contributed by atoms with Crippen molar-refractivity contribution in [1.82, 2.24) is 0 Å². The second-order valence-corrected chi connectivity index (χ2v) is 5.36. The van der Waals surface area contributed by atoms with Crippen molar-refractivity contribution in [3.05, 3.63) is 30.3 Å². The number of phenolic OH excluding ortho intramolecular Hbond substituents is 1. The standard InChI is InChI=1S/C14H18ClNO3/c1-9(8-15)11-7-10(5-6-12(11)17)16-13(18)19-14(2,3)4/h5-7,17H,1,8H2,2-4H3,(H,16,18). The summed E-state index contributed by atoms with van der Waals surface area (Å²) in [6, 6.07) is 4.65. The molecule has 5 heteroatoms. The minimum Gasteiger partial charge on any atom is -0.507 e. The Kier molecular flexibility index (Phi) is 4.84. The fourth-order valence-corrected chi connectivity index (χ4v) is 1.53. The highest BCUT2D eigenvalue weighted by Gasteiger charge is 2.16. The second-order valence-electron chi connectivity index (χ2n) is 5.10. The summed E-state index contributed by atoms with van der Waals surface area (Å²) >= 11 is 5.68. The molecule has 0 saturated carbocycles. The third-order valence-electron chi connectivity index (χ3n) is 2.18. The molecule has 1 amide bonds. The largest absolute Gasteiger partial charge is 0.507 e. The van der Waals surface area contributed by atoms with Crippen LogP contribution in [0.4, 0.5) is 10.5 Å². The molecule has 0 atom stereocenters.